The number of aryl methyl sites for hydroxylation is 2. The van der Waals surface area contributed by atoms with Gasteiger partial charge in [-0.3, -0.25) is 0 Å². The molecular formula is C23H30O9. The van der Waals surface area contributed by atoms with Crippen molar-refractivity contribution in [1.29, 1.82) is 0 Å². The highest BCUT2D eigenvalue weighted by atomic mass is 16.7. The number of methoxy groups -OCH3 is 3. The van der Waals surface area contributed by atoms with Gasteiger partial charge in [0.05, 0.1) is 27.9 Å². The van der Waals surface area contributed by atoms with Crippen LogP contribution in [0.1, 0.15) is 11.1 Å². The van der Waals surface area contributed by atoms with Crippen molar-refractivity contribution in [2.24, 2.45) is 0 Å². The first kappa shape index (κ1) is 24.1. The van der Waals surface area contributed by atoms with E-state index in [-0.39, 0.29) is 0 Å². The van der Waals surface area contributed by atoms with Crippen LogP contribution in [0.25, 0.3) is 0 Å². The van der Waals surface area contributed by atoms with Crippen LogP contribution in [-0.4, -0.2) is 79.1 Å². The second kappa shape index (κ2) is 10.8. The van der Waals surface area contributed by atoms with Crippen LogP contribution in [0, 0.1) is 0 Å². The van der Waals surface area contributed by atoms with Crippen molar-refractivity contribution in [2.75, 3.05) is 27.9 Å². The molecule has 9 nitrogen and oxygen atoms in total. The van der Waals surface area contributed by atoms with Crippen molar-refractivity contribution < 1.29 is 44.1 Å². The molecule has 1 saturated heterocycles. The first-order valence-corrected chi connectivity index (χ1v) is 10.3. The Kier molecular flexibility index (Phi) is 8.16. The van der Waals surface area contributed by atoms with Crippen LogP contribution in [0.4, 0.5) is 0 Å². The summed E-state index contributed by atoms with van der Waals surface area (Å²) in [7, 11) is 4.71. The molecule has 0 amide bonds. The molecule has 0 bridgehead atoms. The van der Waals surface area contributed by atoms with E-state index in [1.165, 1.54) is 7.11 Å². The van der Waals surface area contributed by atoms with Crippen LogP contribution < -0.4 is 18.9 Å². The number of hydrogen-bond donors (Lipinski definition) is 4. The van der Waals surface area contributed by atoms with Gasteiger partial charge in [0.25, 0.3) is 0 Å². The highest BCUT2D eigenvalue weighted by Gasteiger charge is 2.44. The predicted molar refractivity (Wildman–Crippen MR) is 114 cm³/mol. The molecule has 32 heavy (non-hydrogen) atoms. The zero-order valence-electron chi connectivity index (χ0n) is 18.3. The molecule has 4 N–H and O–H groups in total. The van der Waals surface area contributed by atoms with E-state index in [4.69, 9.17) is 23.7 Å². The molecule has 2 aromatic carbocycles. The van der Waals surface area contributed by atoms with Gasteiger partial charge in [-0.15, -0.1) is 0 Å². The SMILES string of the molecule is COc1cc(CCc2ccc(OC)c(OC)c2)cc(O[C@@H]2O[C@H](CO)[C@@H](O)[C@H](O)[C@H]2O)c1. The van der Waals surface area contributed by atoms with Gasteiger partial charge < -0.3 is 44.1 Å². The summed E-state index contributed by atoms with van der Waals surface area (Å²) in [6.07, 6.45) is -5.39. The molecule has 1 fully saturated rings. The van der Waals surface area contributed by atoms with Gasteiger partial charge in [0.15, 0.2) is 11.5 Å². The molecule has 0 saturated carbocycles. The lowest BCUT2D eigenvalue weighted by molar-refractivity contribution is -0.277. The van der Waals surface area contributed by atoms with Crippen molar-refractivity contribution in [1.82, 2.24) is 0 Å². The third kappa shape index (κ3) is 5.43. The minimum Gasteiger partial charge on any atom is -0.497 e. The van der Waals surface area contributed by atoms with Crippen molar-refractivity contribution >= 4 is 0 Å². The Balaban J connectivity index is 1.74. The van der Waals surface area contributed by atoms with Gasteiger partial charge in [0, 0.05) is 6.07 Å². The number of benzene rings is 2. The highest BCUT2D eigenvalue weighted by molar-refractivity contribution is 5.43. The molecule has 1 heterocycles. The van der Waals surface area contributed by atoms with Crippen molar-refractivity contribution in [3.05, 3.63) is 47.5 Å². The lowest BCUT2D eigenvalue weighted by Gasteiger charge is -2.39. The Morgan fingerprint density at radius 2 is 1.44 bits per heavy atom. The van der Waals surface area contributed by atoms with E-state index < -0.39 is 37.3 Å². The maximum atomic E-state index is 10.2. The average molecular weight is 450 g/mol. The van der Waals surface area contributed by atoms with E-state index in [9.17, 15) is 20.4 Å². The van der Waals surface area contributed by atoms with E-state index in [1.807, 2.05) is 24.3 Å². The molecule has 0 spiro atoms. The lowest BCUT2D eigenvalue weighted by Crippen LogP contribution is -2.60. The number of aliphatic hydroxyl groups excluding tert-OH is 4. The second-order valence-electron chi connectivity index (χ2n) is 7.52. The summed E-state index contributed by atoms with van der Waals surface area (Å²) in [6.45, 7) is -0.528. The summed E-state index contributed by atoms with van der Waals surface area (Å²) in [5.74, 6) is 2.22. The third-order valence-corrected chi connectivity index (χ3v) is 5.43. The summed E-state index contributed by atoms with van der Waals surface area (Å²) in [6, 6.07) is 11.0. The fourth-order valence-corrected chi connectivity index (χ4v) is 3.58. The number of rotatable bonds is 9. The Morgan fingerprint density at radius 3 is 2.09 bits per heavy atom. The van der Waals surface area contributed by atoms with Crippen LogP contribution in [0.3, 0.4) is 0 Å². The third-order valence-electron chi connectivity index (χ3n) is 5.43. The molecule has 1 aliphatic heterocycles. The molecule has 5 atom stereocenters. The van der Waals surface area contributed by atoms with Gasteiger partial charge in [-0.25, -0.2) is 0 Å². The monoisotopic (exact) mass is 450 g/mol. The van der Waals surface area contributed by atoms with Crippen LogP contribution >= 0.6 is 0 Å². The minimum absolute atomic E-state index is 0.357. The largest absolute Gasteiger partial charge is 0.497 e. The number of aliphatic hydroxyl groups is 4. The number of hydrogen-bond acceptors (Lipinski definition) is 9. The average Bonchev–Trinajstić information content (AvgIpc) is 2.82. The molecule has 0 aromatic heterocycles. The zero-order valence-corrected chi connectivity index (χ0v) is 18.3. The Labute approximate surface area is 186 Å². The maximum absolute atomic E-state index is 10.2. The Bertz CT molecular complexity index is 886. The quantitative estimate of drug-likeness (QED) is 0.436. The highest BCUT2D eigenvalue weighted by Crippen LogP contribution is 2.30. The van der Waals surface area contributed by atoms with E-state index in [0.29, 0.717) is 35.8 Å². The standard InChI is InChI=1S/C23H30O9/c1-28-15-8-14(5-4-13-6-7-17(29-2)18(10-13)30-3)9-16(11-15)31-23-22(27)21(26)20(25)19(12-24)32-23/h6-11,19-27H,4-5,12H2,1-3H3/t19-,20-,21+,22-,23-/m1/s1. The fourth-order valence-electron chi connectivity index (χ4n) is 3.58. The van der Waals surface area contributed by atoms with Crippen molar-refractivity contribution in [3.8, 4) is 23.0 Å². The van der Waals surface area contributed by atoms with Crippen molar-refractivity contribution in [2.45, 2.75) is 43.5 Å². The van der Waals surface area contributed by atoms with Gasteiger partial charge in [-0.1, -0.05) is 6.07 Å². The summed E-state index contributed by atoms with van der Waals surface area (Å²) < 4.78 is 27.2. The second-order valence-corrected chi connectivity index (χ2v) is 7.52. The van der Waals surface area contributed by atoms with E-state index in [1.54, 1.807) is 26.4 Å². The molecule has 0 radical (unpaired) electrons. The van der Waals surface area contributed by atoms with Gasteiger partial charge in [-0.05, 0) is 48.2 Å². The maximum Gasteiger partial charge on any atom is 0.229 e. The molecule has 1 aliphatic rings. The van der Waals surface area contributed by atoms with Crippen LogP contribution in [0.2, 0.25) is 0 Å². The predicted octanol–water partition coefficient (Wildman–Crippen LogP) is 0.676. The van der Waals surface area contributed by atoms with Gasteiger partial charge in [0.1, 0.15) is 35.9 Å². The number of ether oxygens (including phenoxy) is 5. The molecule has 0 unspecified atom stereocenters. The van der Waals surface area contributed by atoms with Crippen LogP contribution in [0.5, 0.6) is 23.0 Å². The molecular weight excluding hydrogens is 420 g/mol. The van der Waals surface area contributed by atoms with Crippen LogP contribution in [-0.2, 0) is 17.6 Å². The smallest absolute Gasteiger partial charge is 0.229 e. The van der Waals surface area contributed by atoms with E-state index in [2.05, 4.69) is 0 Å². The molecule has 3 rings (SSSR count). The van der Waals surface area contributed by atoms with Crippen molar-refractivity contribution in [3.63, 3.8) is 0 Å². The summed E-state index contributed by atoms with van der Waals surface area (Å²) >= 11 is 0. The first-order valence-electron chi connectivity index (χ1n) is 10.3. The minimum atomic E-state index is -1.51. The van der Waals surface area contributed by atoms with E-state index in [0.717, 1.165) is 11.1 Å². The summed E-state index contributed by atoms with van der Waals surface area (Å²) in [4.78, 5) is 0. The molecule has 9 heteroatoms. The zero-order chi connectivity index (χ0) is 23.3. The molecule has 0 aliphatic carbocycles. The summed E-state index contributed by atoms with van der Waals surface area (Å²) in [5, 5.41) is 39.5. The Hall–Kier alpha value is -2.56. The Morgan fingerprint density at radius 1 is 0.750 bits per heavy atom. The molecule has 2 aromatic rings. The lowest BCUT2D eigenvalue weighted by atomic mass is 9.99. The molecule has 176 valence electrons. The van der Waals surface area contributed by atoms with Gasteiger partial charge in [-0.2, -0.15) is 0 Å². The normalized spacial score (nSPS) is 25.3. The summed E-state index contributed by atoms with van der Waals surface area (Å²) in [5.41, 5.74) is 1.97. The van der Waals surface area contributed by atoms with E-state index >= 15 is 0 Å². The van der Waals surface area contributed by atoms with Crippen LogP contribution in [0.15, 0.2) is 36.4 Å². The van der Waals surface area contributed by atoms with Gasteiger partial charge in [0.2, 0.25) is 6.29 Å². The fraction of sp³-hybridized carbons (Fsp3) is 0.478. The van der Waals surface area contributed by atoms with Gasteiger partial charge >= 0.3 is 0 Å². The topological polar surface area (TPSA) is 127 Å². The first-order chi connectivity index (χ1) is 15.4.